The summed E-state index contributed by atoms with van der Waals surface area (Å²) in [6.07, 6.45) is 1.94. The number of piperidine rings is 1. The van der Waals surface area contributed by atoms with E-state index in [4.69, 9.17) is 0 Å². The first-order valence-corrected chi connectivity index (χ1v) is 11.2. The molecule has 6 nitrogen and oxygen atoms in total. The molecule has 1 aromatic carbocycles. The second-order valence-electron chi connectivity index (χ2n) is 8.55. The standard InChI is InChI=1S/C20H31N3O3S/c1-20(2,3)17-6-8-18(9-7-17)27(25,26)23-13-11-22(12-14-23)19(24)16-5-4-10-21-15-16/h6-9,16,21H,4-5,10-15H2,1-3H3. The molecule has 2 fully saturated rings. The molecule has 3 rings (SSSR count). The van der Waals surface area contributed by atoms with Gasteiger partial charge < -0.3 is 10.2 Å². The van der Waals surface area contributed by atoms with E-state index in [1.54, 1.807) is 12.1 Å². The van der Waals surface area contributed by atoms with Gasteiger partial charge in [-0.1, -0.05) is 32.9 Å². The van der Waals surface area contributed by atoms with Gasteiger partial charge in [0.15, 0.2) is 0 Å². The topological polar surface area (TPSA) is 69.7 Å². The maximum Gasteiger partial charge on any atom is 0.243 e. The van der Waals surface area contributed by atoms with Crippen LogP contribution in [0.3, 0.4) is 0 Å². The lowest BCUT2D eigenvalue weighted by Gasteiger charge is -2.36. The smallest absolute Gasteiger partial charge is 0.243 e. The summed E-state index contributed by atoms with van der Waals surface area (Å²) in [4.78, 5) is 14.8. The average molecular weight is 394 g/mol. The van der Waals surface area contributed by atoms with Gasteiger partial charge in [-0.2, -0.15) is 4.31 Å². The summed E-state index contributed by atoms with van der Waals surface area (Å²) in [5, 5.41) is 3.27. The van der Waals surface area contributed by atoms with Gasteiger partial charge in [-0.15, -0.1) is 0 Å². The van der Waals surface area contributed by atoms with E-state index in [-0.39, 0.29) is 17.2 Å². The predicted molar refractivity (Wildman–Crippen MR) is 106 cm³/mol. The first kappa shape index (κ1) is 20.3. The molecule has 2 heterocycles. The van der Waals surface area contributed by atoms with Crippen molar-refractivity contribution in [2.75, 3.05) is 39.3 Å². The molecule has 0 bridgehead atoms. The van der Waals surface area contributed by atoms with Gasteiger partial charge in [-0.25, -0.2) is 8.42 Å². The van der Waals surface area contributed by atoms with E-state index in [1.165, 1.54) is 4.31 Å². The lowest BCUT2D eigenvalue weighted by atomic mass is 9.87. The van der Waals surface area contributed by atoms with Crippen LogP contribution in [0.25, 0.3) is 0 Å². The Hall–Kier alpha value is -1.44. The van der Waals surface area contributed by atoms with Crippen molar-refractivity contribution in [3.63, 3.8) is 0 Å². The predicted octanol–water partition coefficient (Wildman–Crippen LogP) is 1.82. The fourth-order valence-corrected chi connectivity index (χ4v) is 5.17. The minimum Gasteiger partial charge on any atom is -0.340 e. The molecular formula is C20H31N3O3S. The molecule has 2 aliphatic heterocycles. The number of rotatable bonds is 3. The molecule has 0 saturated carbocycles. The Balaban J connectivity index is 1.63. The van der Waals surface area contributed by atoms with Crippen molar-refractivity contribution in [2.45, 2.75) is 43.9 Å². The van der Waals surface area contributed by atoms with E-state index < -0.39 is 10.0 Å². The van der Waals surface area contributed by atoms with Crippen LogP contribution in [0.5, 0.6) is 0 Å². The van der Waals surface area contributed by atoms with Crippen molar-refractivity contribution in [1.29, 1.82) is 0 Å². The largest absolute Gasteiger partial charge is 0.340 e. The number of nitrogens with one attached hydrogen (secondary N) is 1. The highest BCUT2D eigenvalue weighted by atomic mass is 32.2. The Morgan fingerprint density at radius 2 is 1.70 bits per heavy atom. The van der Waals surface area contributed by atoms with Crippen LogP contribution in [0, 0.1) is 5.92 Å². The molecular weight excluding hydrogens is 362 g/mol. The highest BCUT2D eigenvalue weighted by Crippen LogP contribution is 2.25. The van der Waals surface area contributed by atoms with Gasteiger partial charge in [0, 0.05) is 32.7 Å². The molecule has 0 aliphatic carbocycles. The molecule has 1 amide bonds. The van der Waals surface area contributed by atoms with E-state index in [9.17, 15) is 13.2 Å². The lowest BCUT2D eigenvalue weighted by Crippen LogP contribution is -2.53. The highest BCUT2D eigenvalue weighted by molar-refractivity contribution is 7.89. The normalized spacial score (nSPS) is 22.6. The average Bonchev–Trinajstić information content (AvgIpc) is 2.67. The maximum absolute atomic E-state index is 12.9. The van der Waals surface area contributed by atoms with Crippen LogP contribution in [0.1, 0.15) is 39.2 Å². The van der Waals surface area contributed by atoms with Crippen LogP contribution in [0.4, 0.5) is 0 Å². The lowest BCUT2D eigenvalue weighted by molar-refractivity contribution is -0.137. The summed E-state index contributed by atoms with van der Waals surface area (Å²) in [5.41, 5.74) is 1.10. The Bertz CT molecular complexity index is 755. The molecule has 1 aromatic rings. The van der Waals surface area contributed by atoms with Crippen LogP contribution < -0.4 is 5.32 Å². The number of nitrogens with zero attached hydrogens (tertiary/aromatic N) is 2. The number of piperazine rings is 1. The van der Waals surface area contributed by atoms with Gasteiger partial charge in [0.25, 0.3) is 0 Å². The summed E-state index contributed by atoms with van der Waals surface area (Å²) in [5.74, 6) is 0.195. The third-order valence-electron chi connectivity index (χ3n) is 5.55. The summed E-state index contributed by atoms with van der Waals surface area (Å²) < 4.78 is 27.4. The highest BCUT2D eigenvalue weighted by Gasteiger charge is 2.33. The molecule has 27 heavy (non-hydrogen) atoms. The van der Waals surface area contributed by atoms with E-state index in [0.29, 0.717) is 31.1 Å². The van der Waals surface area contributed by atoms with Crippen LogP contribution in [-0.4, -0.2) is 62.8 Å². The van der Waals surface area contributed by atoms with Gasteiger partial charge in [0.2, 0.25) is 15.9 Å². The van der Waals surface area contributed by atoms with Crippen LogP contribution >= 0.6 is 0 Å². The number of hydrogen-bond donors (Lipinski definition) is 1. The first-order chi connectivity index (χ1) is 12.7. The zero-order valence-electron chi connectivity index (χ0n) is 16.6. The second kappa shape index (κ2) is 7.89. The molecule has 0 spiro atoms. The Kier molecular flexibility index (Phi) is 5.93. The van der Waals surface area contributed by atoms with Crippen molar-refractivity contribution < 1.29 is 13.2 Å². The summed E-state index contributed by atoms with van der Waals surface area (Å²) in [7, 11) is -3.52. The van der Waals surface area contributed by atoms with Gasteiger partial charge in [0.1, 0.15) is 0 Å². The summed E-state index contributed by atoms with van der Waals surface area (Å²) in [6, 6.07) is 7.17. The number of benzene rings is 1. The number of hydrogen-bond acceptors (Lipinski definition) is 4. The van der Waals surface area contributed by atoms with Crippen molar-refractivity contribution in [3.05, 3.63) is 29.8 Å². The first-order valence-electron chi connectivity index (χ1n) is 9.80. The van der Waals surface area contributed by atoms with E-state index in [1.807, 2.05) is 17.0 Å². The van der Waals surface area contributed by atoms with E-state index >= 15 is 0 Å². The SMILES string of the molecule is CC(C)(C)c1ccc(S(=O)(=O)N2CCN(C(=O)C3CCCNC3)CC2)cc1. The Morgan fingerprint density at radius 3 is 2.22 bits per heavy atom. The molecule has 2 aliphatic rings. The number of carbonyl (C=O) groups is 1. The molecule has 0 aromatic heterocycles. The van der Waals surface area contributed by atoms with E-state index in [0.717, 1.165) is 31.5 Å². The van der Waals surface area contributed by atoms with Gasteiger partial charge in [-0.05, 0) is 42.5 Å². The van der Waals surface area contributed by atoms with Crippen LogP contribution in [-0.2, 0) is 20.2 Å². The van der Waals surface area contributed by atoms with Gasteiger partial charge in [-0.3, -0.25) is 4.79 Å². The molecule has 1 unspecified atom stereocenters. The second-order valence-corrected chi connectivity index (χ2v) is 10.5. The third kappa shape index (κ3) is 4.52. The zero-order chi connectivity index (χ0) is 19.7. The summed E-state index contributed by atoms with van der Waals surface area (Å²) in [6.45, 7) is 9.67. The van der Waals surface area contributed by atoms with Crippen LogP contribution in [0.15, 0.2) is 29.2 Å². The summed E-state index contributed by atoms with van der Waals surface area (Å²) >= 11 is 0. The fourth-order valence-electron chi connectivity index (χ4n) is 3.75. The fraction of sp³-hybridized carbons (Fsp3) is 0.650. The van der Waals surface area contributed by atoms with Crippen molar-refractivity contribution in [3.8, 4) is 0 Å². The third-order valence-corrected chi connectivity index (χ3v) is 7.47. The van der Waals surface area contributed by atoms with Gasteiger partial charge in [0.05, 0.1) is 10.8 Å². The minimum atomic E-state index is -3.52. The molecule has 0 radical (unpaired) electrons. The number of carbonyl (C=O) groups excluding carboxylic acids is 1. The molecule has 1 N–H and O–H groups in total. The quantitative estimate of drug-likeness (QED) is 0.850. The zero-order valence-corrected chi connectivity index (χ0v) is 17.4. The Morgan fingerprint density at radius 1 is 1.07 bits per heavy atom. The Labute approximate surface area is 163 Å². The van der Waals surface area contributed by atoms with E-state index in [2.05, 4.69) is 26.1 Å². The molecule has 7 heteroatoms. The van der Waals surface area contributed by atoms with Gasteiger partial charge >= 0.3 is 0 Å². The van der Waals surface area contributed by atoms with Crippen molar-refractivity contribution >= 4 is 15.9 Å². The van der Waals surface area contributed by atoms with Crippen molar-refractivity contribution in [1.82, 2.24) is 14.5 Å². The molecule has 2 saturated heterocycles. The van der Waals surface area contributed by atoms with Crippen molar-refractivity contribution in [2.24, 2.45) is 5.92 Å². The maximum atomic E-state index is 12.9. The molecule has 150 valence electrons. The minimum absolute atomic E-state index is 0.0117. The number of amides is 1. The molecule has 1 atom stereocenters. The number of sulfonamides is 1. The van der Waals surface area contributed by atoms with Crippen LogP contribution in [0.2, 0.25) is 0 Å². The monoisotopic (exact) mass is 393 g/mol.